The number of hydrogen-bond acceptors (Lipinski definition) is 5. The Morgan fingerprint density at radius 2 is 1.96 bits per heavy atom. The summed E-state index contributed by atoms with van der Waals surface area (Å²) in [7, 11) is 0. The molecule has 7 nitrogen and oxygen atoms in total. The van der Waals surface area contributed by atoms with Gasteiger partial charge in [0.05, 0.1) is 10.5 Å². The fourth-order valence-electron chi connectivity index (χ4n) is 3.53. The van der Waals surface area contributed by atoms with Crippen LogP contribution in [0.4, 0.5) is 24.5 Å². The van der Waals surface area contributed by atoms with E-state index >= 15 is 0 Å². The Morgan fingerprint density at radius 1 is 1.31 bits per heavy atom. The molecule has 2 saturated heterocycles. The van der Waals surface area contributed by atoms with Crippen molar-refractivity contribution in [2.75, 3.05) is 38.0 Å². The van der Waals surface area contributed by atoms with E-state index in [1.165, 1.54) is 0 Å². The van der Waals surface area contributed by atoms with Crippen molar-refractivity contribution in [3.05, 3.63) is 33.9 Å². The van der Waals surface area contributed by atoms with Gasteiger partial charge in [-0.15, -0.1) is 0 Å². The number of fused-ring (bicyclic) bond motifs is 1. The highest BCUT2D eigenvalue weighted by Gasteiger charge is 2.37. The molecule has 10 heteroatoms. The number of nitro benzene ring substituents is 1. The van der Waals surface area contributed by atoms with Gasteiger partial charge in [-0.05, 0) is 24.0 Å². The van der Waals surface area contributed by atoms with Gasteiger partial charge >= 0.3 is 6.18 Å². The molecule has 26 heavy (non-hydrogen) atoms. The molecular weight excluding hydrogens is 353 g/mol. The number of halogens is 3. The second kappa shape index (κ2) is 7.10. The van der Waals surface area contributed by atoms with Crippen LogP contribution in [-0.4, -0.2) is 48.5 Å². The lowest BCUT2D eigenvalue weighted by Crippen LogP contribution is -2.32. The van der Waals surface area contributed by atoms with Crippen LogP contribution in [0.1, 0.15) is 12.0 Å². The minimum Gasteiger partial charge on any atom is -0.379 e. The average molecular weight is 372 g/mol. The molecule has 2 aliphatic heterocycles. The second-order valence-electron chi connectivity index (χ2n) is 6.64. The maximum atomic E-state index is 12.7. The third-order valence-electron chi connectivity index (χ3n) is 4.92. The van der Waals surface area contributed by atoms with Crippen LogP contribution in [0.2, 0.25) is 0 Å². The number of likely N-dealkylation sites (tertiary alicyclic amines) is 1. The highest BCUT2D eigenvalue weighted by atomic mass is 19.4. The van der Waals surface area contributed by atoms with E-state index in [4.69, 9.17) is 0 Å². The quantitative estimate of drug-likeness (QED) is 0.611. The van der Waals surface area contributed by atoms with Crippen molar-refractivity contribution in [1.29, 1.82) is 0 Å². The lowest BCUT2D eigenvalue weighted by atomic mass is 10.0. The fourth-order valence-corrected chi connectivity index (χ4v) is 3.53. The Hall–Kier alpha value is -2.36. The van der Waals surface area contributed by atoms with Gasteiger partial charge in [-0.2, -0.15) is 13.2 Å². The van der Waals surface area contributed by atoms with Gasteiger partial charge in [-0.3, -0.25) is 14.9 Å². The second-order valence-corrected chi connectivity index (χ2v) is 6.64. The summed E-state index contributed by atoms with van der Waals surface area (Å²) < 4.78 is 38.1. The molecule has 0 spiro atoms. The van der Waals surface area contributed by atoms with Crippen molar-refractivity contribution in [2.45, 2.75) is 12.6 Å². The van der Waals surface area contributed by atoms with Gasteiger partial charge in [0.2, 0.25) is 5.91 Å². The predicted octanol–water partition coefficient (Wildman–Crippen LogP) is 2.09. The molecule has 0 saturated carbocycles. The SMILES string of the molecule is O=C(CCNc1ccc(C(F)(F)F)cc1[N+](=O)[O-])N1C[C@H]2CNC[C@H]2C1. The summed E-state index contributed by atoms with van der Waals surface area (Å²) in [4.78, 5) is 24.2. The predicted molar refractivity (Wildman–Crippen MR) is 87.6 cm³/mol. The van der Waals surface area contributed by atoms with Crippen LogP contribution in [-0.2, 0) is 11.0 Å². The lowest BCUT2D eigenvalue weighted by Gasteiger charge is -2.18. The maximum absolute atomic E-state index is 12.7. The van der Waals surface area contributed by atoms with Crippen molar-refractivity contribution in [3.63, 3.8) is 0 Å². The van der Waals surface area contributed by atoms with E-state index in [9.17, 15) is 28.1 Å². The minimum atomic E-state index is -4.65. The summed E-state index contributed by atoms with van der Waals surface area (Å²) in [6, 6.07) is 2.31. The van der Waals surface area contributed by atoms with Crippen LogP contribution in [0.15, 0.2) is 18.2 Å². The zero-order valence-corrected chi connectivity index (χ0v) is 13.9. The first-order valence-corrected chi connectivity index (χ1v) is 8.33. The van der Waals surface area contributed by atoms with Crippen LogP contribution in [0.5, 0.6) is 0 Å². The average Bonchev–Trinajstić information content (AvgIpc) is 3.15. The first-order chi connectivity index (χ1) is 12.3. The number of alkyl halides is 3. The number of nitrogens with one attached hydrogen (secondary N) is 2. The molecule has 2 heterocycles. The van der Waals surface area contributed by atoms with Crippen LogP contribution in [0.3, 0.4) is 0 Å². The highest BCUT2D eigenvalue weighted by Crippen LogP contribution is 2.35. The molecule has 0 aromatic heterocycles. The Labute approximate surface area is 147 Å². The highest BCUT2D eigenvalue weighted by molar-refractivity contribution is 5.77. The summed E-state index contributed by atoms with van der Waals surface area (Å²) in [5, 5.41) is 17.0. The van der Waals surface area contributed by atoms with E-state index < -0.39 is 22.4 Å². The molecule has 0 aliphatic carbocycles. The third kappa shape index (κ3) is 3.90. The summed E-state index contributed by atoms with van der Waals surface area (Å²) in [6.45, 7) is 3.35. The number of benzene rings is 1. The van der Waals surface area contributed by atoms with Crippen molar-refractivity contribution in [1.82, 2.24) is 10.2 Å². The normalized spacial score (nSPS) is 22.3. The Balaban J connectivity index is 1.57. The van der Waals surface area contributed by atoms with Crippen LogP contribution >= 0.6 is 0 Å². The molecule has 3 rings (SSSR count). The zero-order chi connectivity index (χ0) is 18.9. The first-order valence-electron chi connectivity index (χ1n) is 8.33. The monoisotopic (exact) mass is 372 g/mol. The smallest absolute Gasteiger partial charge is 0.379 e. The molecule has 1 aromatic rings. The maximum Gasteiger partial charge on any atom is 0.416 e. The van der Waals surface area contributed by atoms with E-state index in [2.05, 4.69) is 10.6 Å². The number of hydrogen-bond donors (Lipinski definition) is 2. The number of carbonyl (C=O) groups is 1. The molecule has 0 radical (unpaired) electrons. The summed E-state index contributed by atoms with van der Waals surface area (Å²) >= 11 is 0. The summed E-state index contributed by atoms with van der Waals surface area (Å²) in [5.74, 6) is 0.896. The van der Waals surface area contributed by atoms with Gasteiger partial charge in [0.15, 0.2) is 0 Å². The number of anilines is 1. The van der Waals surface area contributed by atoms with E-state index in [-0.39, 0.29) is 24.6 Å². The third-order valence-corrected chi connectivity index (χ3v) is 4.92. The molecule has 0 unspecified atom stereocenters. The Kier molecular flexibility index (Phi) is 5.03. The van der Waals surface area contributed by atoms with Crippen molar-refractivity contribution >= 4 is 17.3 Å². The molecule has 142 valence electrons. The number of amides is 1. The first kappa shape index (κ1) is 18.4. The van der Waals surface area contributed by atoms with Gasteiger partial charge < -0.3 is 15.5 Å². The molecule has 2 aliphatic rings. The molecule has 0 bridgehead atoms. The number of carbonyl (C=O) groups excluding carboxylic acids is 1. The minimum absolute atomic E-state index is 0.0294. The molecule has 2 atom stereocenters. The molecular formula is C16H19F3N4O3. The molecule has 2 fully saturated rings. The molecule has 2 N–H and O–H groups in total. The van der Waals surface area contributed by atoms with Crippen molar-refractivity contribution in [2.24, 2.45) is 11.8 Å². The topological polar surface area (TPSA) is 87.5 Å². The Bertz CT molecular complexity index is 698. The number of rotatable bonds is 5. The zero-order valence-electron chi connectivity index (χ0n) is 13.9. The molecule has 1 amide bonds. The van der Waals surface area contributed by atoms with E-state index in [1.54, 1.807) is 4.90 Å². The van der Waals surface area contributed by atoms with E-state index in [0.29, 0.717) is 31.0 Å². The summed E-state index contributed by atoms with van der Waals surface area (Å²) in [6.07, 6.45) is -4.52. The van der Waals surface area contributed by atoms with E-state index in [0.717, 1.165) is 25.2 Å². The van der Waals surface area contributed by atoms with Gasteiger partial charge in [0.1, 0.15) is 5.69 Å². The van der Waals surface area contributed by atoms with Crippen LogP contribution in [0, 0.1) is 22.0 Å². The lowest BCUT2D eigenvalue weighted by molar-refractivity contribution is -0.384. The number of nitro groups is 1. The molecule has 1 aromatic carbocycles. The van der Waals surface area contributed by atoms with Gasteiger partial charge in [0, 0.05) is 45.2 Å². The fraction of sp³-hybridized carbons (Fsp3) is 0.562. The van der Waals surface area contributed by atoms with E-state index in [1.807, 2.05) is 0 Å². The largest absolute Gasteiger partial charge is 0.416 e. The van der Waals surface area contributed by atoms with Gasteiger partial charge in [-0.25, -0.2) is 0 Å². The summed E-state index contributed by atoms with van der Waals surface area (Å²) in [5.41, 5.74) is -1.77. The van der Waals surface area contributed by atoms with Crippen molar-refractivity contribution in [3.8, 4) is 0 Å². The van der Waals surface area contributed by atoms with Crippen LogP contribution in [0.25, 0.3) is 0 Å². The number of nitrogens with zero attached hydrogens (tertiary/aromatic N) is 2. The standard InChI is InChI=1S/C16H19F3N4O3/c17-16(18,19)12-1-2-13(14(5-12)23(25)26)21-4-3-15(24)22-8-10-6-20-7-11(10)9-22/h1-2,5,10-11,20-21H,3-4,6-9H2/t10-,11+. The van der Waals surface area contributed by atoms with Crippen LogP contribution < -0.4 is 10.6 Å². The van der Waals surface area contributed by atoms with Gasteiger partial charge in [0.25, 0.3) is 5.69 Å². The Morgan fingerprint density at radius 3 is 2.54 bits per heavy atom. The van der Waals surface area contributed by atoms with Crippen molar-refractivity contribution < 1.29 is 22.9 Å². The van der Waals surface area contributed by atoms with Gasteiger partial charge in [-0.1, -0.05) is 0 Å².